The van der Waals surface area contributed by atoms with Crippen LogP contribution in [0.2, 0.25) is 0 Å². The maximum atomic E-state index is 12.8. The average molecular weight is 491 g/mol. The van der Waals surface area contributed by atoms with Gasteiger partial charge in [0.2, 0.25) is 0 Å². The van der Waals surface area contributed by atoms with Crippen molar-refractivity contribution in [3.8, 4) is 5.75 Å². The highest BCUT2D eigenvalue weighted by molar-refractivity contribution is 7.93. The molecule has 12 heteroatoms. The van der Waals surface area contributed by atoms with E-state index >= 15 is 0 Å². The normalized spacial score (nSPS) is 11.5. The number of hydrogen-bond acceptors (Lipinski definition) is 7. The number of benzene rings is 2. The number of rotatable bonds is 9. The van der Waals surface area contributed by atoms with E-state index in [0.29, 0.717) is 6.54 Å². The zero-order valence-electron chi connectivity index (χ0n) is 17.8. The third-order valence-corrected chi connectivity index (χ3v) is 7.13. The Morgan fingerprint density at radius 3 is 2.18 bits per heavy atom. The number of amides is 1. The lowest BCUT2D eigenvalue weighted by molar-refractivity contribution is 0.0952. The molecule has 1 amide bonds. The molecule has 0 radical (unpaired) electrons. The summed E-state index contributed by atoms with van der Waals surface area (Å²) in [6, 6.07) is 13.9. The van der Waals surface area contributed by atoms with E-state index in [1.54, 1.807) is 19.1 Å². The average Bonchev–Trinajstić information content (AvgIpc) is 2.79. The van der Waals surface area contributed by atoms with Gasteiger partial charge in [0.05, 0.1) is 22.5 Å². The van der Waals surface area contributed by atoms with Gasteiger partial charge < -0.3 is 10.1 Å². The summed E-state index contributed by atoms with van der Waals surface area (Å²) >= 11 is 0. The van der Waals surface area contributed by atoms with E-state index in [1.807, 2.05) is 0 Å². The lowest BCUT2D eigenvalue weighted by Gasteiger charge is -2.13. The molecule has 10 nitrogen and oxygen atoms in total. The van der Waals surface area contributed by atoms with Gasteiger partial charge in [0.15, 0.2) is 0 Å². The second kappa shape index (κ2) is 9.88. The maximum absolute atomic E-state index is 12.8. The van der Waals surface area contributed by atoms with Crippen molar-refractivity contribution in [1.29, 1.82) is 0 Å². The van der Waals surface area contributed by atoms with E-state index < -0.39 is 26.0 Å². The first-order chi connectivity index (χ1) is 15.7. The highest BCUT2D eigenvalue weighted by atomic mass is 32.2. The van der Waals surface area contributed by atoms with Gasteiger partial charge in [0, 0.05) is 18.4 Å². The van der Waals surface area contributed by atoms with Crippen molar-refractivity contribution >= 4 is 37.5 Å². The van der Waals surface area contributed by atoms with Gasteiger partial charge in [-0.05, 0) is 61.5 Å². The van der Waals surface area contributed by atoms with Crippen LogP contribution in [0.4, 0.5) is 11.5 Å². The predicted molar refractivity (Wildman–Crippen MR) is 123 cm³/mol. The summed E-state index contributed by atoms with van der Waals surface area (Å²) in [6.45, 7) is 2.10. The van der Waals surface area contributed by atoms with E-state index in [2.05, 4.69) is 19.7 Å². The number of aromatic nitrogens is 1. The summed E-state index contributed by atoms with van der Waals surface area (Å²) in [4.78, 5) is 15.9. The van der Waals surface area contributed by atoms with Crippen LogP contribution in [0.25, 0.3) is 0 Å². The Bertz CT molecular complexity index is 1340. The van der Waals surface area contributed by atoms with E-state index in [9.17, 15) is 21.6 Å². The van der Waals surface area contributed by atoms with Crippen LogP contribution in [0.15, 0.2) is 76.7 Å². The Balaban J connectivity index is 1.82. The fraction of sp³-hybridized carbons (Fsp3) is 0.143. The Hall–Kier alpha value is -3.64. The van der Waals surface area contributed by atoms with Gasteiger partial charge in [-0.1, -0.05) is 6.07 Å². The SMILES string of the molecule is CCNC(=O)c1cc(S(=O)(=O)Nc2ccc(S(=O)(=O)Nc3ccccn3)cc2)ccc1OC. The number of carbonyl (C=O) groups is 1. The third kappa shape index (κ3) is 5.79. The minimum Gasteiger partial charge on any atom is -0.496 e. The van der Waals surface area contributed by atoms with Gasteiger partial charge in [-0.25, -0.2) is 21.8 Å². The largest absolute Gasteiger partial charge is 0.496 e. The molecule has 3 N–H and O–H groups in total. The molecule has 1 heterocycles. The Morgan fingerprint density at radius 1 is 0.909 bits per heavy atom. The first-order valence-electron chi connectivity index (χ1n) is 9.69. The van der Waals surface area contributed by atoms with E-state index in [-0.39, 0.29) is 32.6 Å². The molecule has 0 saturated heterocycles. The molecule has 2 aromatic carbocycles. The van der Waals surface area contributed by atoms with Crippen LogP contribution < -0.4 is 19.5 Å². The minimum atomic E-state index is -4.07. The summed E-state index contributed by atoms with van der Waals surface area (Å²) in [5.74, 6) is -0.0825. The van der Waals surface area contributed by atoms with Gasteiger partial charge in [-0.2, -0.15) is 0 Å². The van der Waals surface area contributed by atoms with Crippen LogP contribution in [0.1, 0.15) is 17.3 Å². The molecule has 0 saturated carbocycles. The molecule has 0 unspecified atom stereocenters. The highest BCUT2D eigenvalue weighted by Crippen LogP contribution is 2.25. The molecule has 0 spiro atoms. The molecule has 3 aromatic rings. The first kappa shape index (κ1) is 24.0. The van der Waals surface area contributed by atoms with Crippen molar-refractivity contribution in [2.75, 3.05) is 23.1 Å². The Morgan fingerprint density at radius 2 is 1.58 bits per heavy atom. The molecule has 33 heavy (non-hydrogen) atoms. The number of carbonyl (C=O) groups excluding carboxylic acids is 1. The first-order valence-corrected chi connectivity index (χ1v) is 12.7. The summed E-state index contributed by atoms with van der Waals surface area (Å²) in [5, 5.41) is 2.60. The Kier molecular flexibility index (Phi) is 7.19. The van der Waals surface area contributed by atoms with Crippen LogP contribution in [0.3, 0.4) is 0 Å². The van der Waals surface area contributed by atoms with Crippen LogP contribution in [-0.4, -0.2) is 41.4 Å². The van der Waals surface area contributed by atoms with Crippen LogP contribution in [-0.2, 0) is 20.0 Å². The molecule has 3 rings (SSSR count). The molecule has 174 valence electrons. The summed E-state index contributed by atoms with van der Waals surface area (Å²) < 4.78 is 60.5. The number of sulfonamides is 2. The standard InChI is InChI=1S/C21H22N4O6S2/c1-3-22-21(26)18-14-17(11-12-19(18)31-2)33(29,30)24-15-7-9-16(10-8-15)32(27,28)25-20-6-4-5-13-23-20/h4-14,24H,3H2,1-2H3,(H,22,26)(H,23,25). The number of anilines is 2. The van der Waals surface area contributed by atoms with Crippen molar-refractivity contribution in [2.24, 2.45) is 0 Å². The van der Waals surface area contributed by atoms with Crippen molar-refractivity contribution in [2.45, 2.75) is 16.7 Å². The molecule has 0 bridgehead atoms. The number of hydrogen-bond donors (Lipinski definition) is 3. The highest BCUT2D eigenvalue weighted by Gasteiger charge is 2.21. The smallest absolute Gasteiger partial charge is 0.263 e. The predicted octanol–water partition coefficient (Wildman–Crippen LogP) is 2.44. The van der Waals surface area contributed by atoms with Gasteiger partial charge in [0.25, 0.3) is 26.0 Å². The van der Waals surface area contributed by atoms with Gasteiger partial charge in [0.1, 0.15) is 11.6 Å². The Labute approximate surface area is 192 Å². The van der Waals surface area contributed by atoms with Crippen LogP contribution >= 0.6 is 0 Å². The fourth-order valence-corrected chi connectivity index (χ4v) is 4.92. The van der Waals surface area contributed by atoms with E-state index in [0.717, 1.165) is 0 Å². The van der Waals surface area contributed by atoms with Crippen molar-refractivity contribution < 1.29 is 26.4 Å². The van der Waals surface area contributed by atoms with Crippen molar-refractivity contribution in [1.82, 2.24) is 10.3 Å². The lowest BCUT2D eigenvalue weighted by atomic mass is 10.2. The van der Waals surface area contributed by atoms with E-state index in [1.165, 1.54) is 61.8 Å². The molecule has 0 fully saturated rings. The summed E-state index contributed by atoms with van der Waals surface area (Å²) in [5.41, 5.74) is 0.214. The third-order valence-electron chi connectivity index (χ3n) is 4.38. The molecule has 1 aromatic heterocycles. The quantitative estimate of drug-likeness (QED) is 0.418. The second-order valence-corrected chi connectivity index (χ2v) is 10.0. The lowest BCUT2D eigenvalue weighted by Crippen LogP contribution is -2.24. The molecular weight excluding hydrogens is 468 g/mol. The van der Waals surface area contributed by atoms with Crippen LogP contribution in [0, 0.1) is 0 Å². The summed E-state index contributed by atoms with van der Waals surface area (Å²) in [7, 11) is -6.59. The zero-order chi connectivity index (χ0) is 24.1. The van der Waals surface area contributed by atoms with Gasteiger partial charge >= 0.3 is 0 Å². The van der Waals surface area contributed by atoms with Crippen molar-refractivity contribution in [3.05, 3.63) is 72.4 Å². The number of nitrogens with one attached hydrogen (secondary N) is 3. The summed E-state index contributed by atoms with van der Waals surface area (Å²) in [6.07, 6.45) is 1.45. The van der Waals surface area contributed by atoms with Crippen molar-refractivity contribution in [3.63, 3.8) is 0 Å². The molecule has 0 aliphatic heterocycles. The second-order valence-electron chi connectivity index (χ2n) is 6.67. The number of methoxy groups -OCH3 is 1. The van der Waals surface area contributed by atoms with Crippen LogP contribution in [0.5, 0.6) is 5.75 Å². The monoisotopic (exact) mass is 490 g/mol. The topological polar surface area (TPSA) is 144 Å². The zero-order valence-corrected chi connectivity index (χ0v) is 19.4. The molecular formula is C21H22N4O6S2. The van der Waals surface area contributed by atoms with Gasteiger partial charge in [-0.3, -0.25) is 14.2 Å². The van der Waals surface area contributed by atoms with Gasteiger partial charge in [-0.15, -0.1) is 0 Å². The molecule has 0 atom stereocenters. The number of ether oxygens (including phenoxy) is 1. The minimum absolute atomic E-state index is 0.0703. The molecule has 0 aliphatic rings. The number of nitrogens with zero attached hydrogens (tertiary/aromatic N) is 1. The maximum Gasteiger partial charge on any atom is 0.263 e. The fourth-order valence-electron chi connectivity index (χ4n) is 2.82. The molecule has 0 aliphatic carbocycles. The van der Waals surface area contributed by atoms with E-state index in [4.69, 9.17) is 4.74 Å². The number of pyridine rings is 1.